The number of nitriles is 1. The Morgan fingerprint density at radius 3 is 2.62 bits per heavy atom. The van der Waals surface area contributed by atoms with Crippen molar-refractivity contribution in [3.63, 3.8) is 0 Å². The summed E-state index contributed by atoms with van der Waals surface area (Å²) in [6.07, 6.45) is 9.17. The van der Waals surface area contributed by atoms with E-state index < -0.39 is 0 Å². The van der Waals surface area contributed by atoms with Gasteiger partial charge in [-0.15, -0.1) is 0 Å². The lowest BCUT2D eigenvalue weighted by molar-refractivity contribution is 0.138. The first kappa shape index (κ1) is 18.7. The first-order chi connectivity index (χ1) is 12.7. The van der Waals surface area contributed by atoms with Crippen molar-refractivity contribution >= 4 is 6.03 Å². The van der Waals surface area contributed by atoms with Gasteiger partial charge in [-0.05, 0) is 49.9 Å². The van der Waals surface area contributed by atoms with E-state index in [1.807, 2.05) is 19.2 Å². The van der Waals surface area contributed by atoms with Crippen LogP contribution < -0.4 is 5.32 Å². The van der Waals surface area contributed by atoms with Gasteiger partial charge in [0.2, 0.25) is 0 Å². The van der Waals surface area contributed by atoms with Crippen molar-refractivity contribution in [3.8, 4) is 6.07 Å². The highest BCUT2D eigenvalue weighted by Crippen LogP contribution is 2.28. The summed E-state index contributed by atoms with van der Waals surface area (Å²) in [5.41, 5.74) is 1.68. The molecule has 5 heteroatoms. The number of amides is 2. The van der Waals surface area contributed by atoms with Gasteiger partial charge in [0.1, 0.15) is 0 Å². The van der Waals surface area contributed by atoms with Gasteiger partial charge in [0, 0.05) is 32.2 Å². The van der Waals surface area contributed by atoms with Crippen molar-refractivity contribution < 1.29 is 4.79 Å². The van der Waals surface area contributed by atoms with E-state index in [2.05, 4.69) is 16.3 Å². The fourth-order valence-electron chi connectivity index (χ4n) is 4.34. The number of carbonyl (C=O) groups is 1. The maximum atomic E-state index is 12.5. The van der Waals surface area contributed by atoms with E-state index in [1.165, 1.54) is 51.5 Å². The van der Waals surface area contributed by atoms with Gasteiger partial charge >= 0.3 is 6.03 Å². The van der Waals surface area contributed by atoms with Gasteiger partial charge in [0.05, 0.1) is 11.6 Å². The normalized spacial score (nSPS) is 21.3. The lowest BCUT2D eigenvalue weighted by Gasteiger charge is -2.35. The first-order valence-corrected chi connectivity index (χ1v) is 9.91. The third-order valence-corrected chi connectivity index (χ3v) is 5.80. The van der Waals surface area contributed by atoms with Crippen LogP contribution in [-0.2, 0) is 6.54 Å². The molecule has 2 aliphatic rings. The van der Waals surface area contributed by atoms with E-state index in [1.54, 1.807) is 17.0 Å². The van der Waals surface area contributed by atoms with Gasteiger partial charge in [-0.2, -0.15) is 5.26 Å². The van der Waals surface area contributed by atoms with Crippen molar-refractivity contribution in [2.45, 2.75) is 63.6 Å². The zero-order valence-corrected chi connectivity index (χ0v) is 15.8. The molecule has 1 saturated carbocycles. The zero-order chi connectivity index (χ0) is 18.4. The van der Waals surface area contributed by atoms with Crippen LogP contribution in [0, 0.1) is 11.3 Å². The topological polar surface area (TPSA) is 59.4 Å². The molecular formula is C21H30N4O. The summed E-state index contributed by atoms with van der Waals surface area (Å²) in [5, 5.41) is 12.0. The molecule has 0 spiro atoms. The Hall–Kier alpha value is -2.06. The second kappa shape index (κ2) is 9.05. The molecule has 1 atom stereocenters. The standard InChI is InChI=1S/C21H30N4O/c1-24(16-18-11-9-17(14-22)10-12-18)21(26)23-15-20-8-5-13-25(20)19-6-3-2-4-7-19/h9-12,19-20H,2-8,13,15-16H2,1H3,(H,23,26). The summed E-state index contributed by atoms with van der Waals surface area (Å²) in [6, 6.07) is 10.7. The molecule has 0 aromatic heterocycles. The summed E-state index contributed by atoms with van der Waals surface area (Å²) in [7, 11) is 1.82. The molecular weight excluding hydrogens is 324 g/mol. The minimum atomic E-state index is -0.0233. The number of carbonyl (C=O) groups excluding carboxylic acids is 1. The lowest BCUT2D eigenvalue weighted by Crippen LogP contribution is -2.47. The summed E-state index contributed by atoms with van der Waals surface area (Å²) < 4.78 is 0. The first-order valence-electron chi connectivity index (χ1n) is 9.91. The fraction of sp³-hybridized carbons (Fsp3) is 0.619. The molecule has 1 aliphatic heterocycles. The molecule has 1 aromatic rings. The highest BCUT2D eigenvalue weighted by Gasteiger charge is 2.31. The van der Waals surface area contributed by atoms with Crippen LogP contribution >= 0.6 is 0 Å². The van der Waals surface area contributed by atoms with Crippen LogP contribution in [0.2, 0.25) is 0 Å². The number of hydrogen-bond donors (Lipinski definition) is 1. The van der Waals surface area contributed by atoms with Crippen LogP contribution in [0.3, 0.4) is 0 Å². The zero-order valence-electron chi connectivity index (χ0n) is 15.8. The largest absolute Gasteiger partial charge is 0.336 e. The second-order valence-corrected chi connectivity index (χ2v) is 7.68. The van der Waals surface area contributed by atoms with Gasteiger partial charge in [-0.25, -0.2) is 4.79 Å². The minimum absolute atomic E-state index is 0.0233. The SMILES string of the molecule is CN(Cc1ccc(C#N)cc1)C(=O)NCC1CCCN1C1CCCCC1. The number of likely N-dealkylation sites (tertiary alicyclic amines) is 1. The van der Waals surface area contributed by atoms with Crippen LogP contribution in [0.1, 0.15) is 56.1 Å². The Morgan fingerprint density at radius 1 is 1.19 bits per heavy atom. The number of urea groups is 1. The molecule has 0 radical (unpaired) electrons. The smallest absolute Gasteiger partial charge is 0.317 e. The third-order valence-electron chi connectivity index (χ3n) is 5.80. The molecule has 2 amide bonds. The van der Waals surface area contributed by atoms with Crippen LogP contribution in [0.15, 0.2) is 24.3 Å². The maximum absolute atomic E-state index is 12.5. The van der Waals surface area contributed by atoms with Crippen molar-refractivity contribution in [1.82, 2.24) is 15.1 Å². The molecule has 2 fully saturated rings. The van der Waals surface area contributed by atoms with Crippen LogP contribution in [0.25, 0.3) is 0 Å². The van der Waals surface area contributed by atoms with Crippen molar-refractivity contribution in [2.24, 2.45) is 0 Å². The van der Waals surface area contributed by atoms with Crippen LogP contribution in [0.4, 0.5) is 4.79 Å². The molecule has 26 heavy (non-hydrogen) atoms. The quantitative estimate of drug-likeness (QED) is 0.880. The van der Waals surface area contributed by atoms with E-state index in [4.69, 9.17) is 5.26 Å². The molecule has 1 unspecified atom stereocenters. The molecule has 1 heterocycles. The molecule has 1 aliphatic carbocycles. The molecule has 1 N–H and O–H groups in total. The molecule has 5 nitrogen and oxygen atoms in total. The average Bonchev–Trinajstić information content (AvgIpc) is 3.16. The number of rotatable bonds is 5. The van der Waals surface area contributed by atoms with Crippen molar-refractivity contribution in [1.29, 1.82) is 5.26 Å². The number of nitrogens with zero attached hydrogens (tertiary/aromatic N) is 3. The monoisotopic (exact) mass is 354 g/mol. The predicted molar refractivity (Wildman–Crippen MR) is 103 cm³/mol. The third kappa shape index (κ3) is 4.76. The number of nitrogens with one attached hydrogen (secondary N) is 1. The summed E-state index contributed by atoms with van der Waals surface area (Å²) in [6.45, 7) is 2.48. The minimum Gasteiger partial charge on any atom is -0.336 e. The van der Waals surface area contributed by atoms with E-state index >= 15 is 0 Å². The molecule has 3 rings (SSSR count). The highest BCUT2D eigenvalue weighted by molar-refractivity contribution is 5.73. The van der Waals surface area contributed by atoms with E-state index in [0.29, 0.717) is 18.2 Å². The Morgan fingerprint density at radius 2 is 1.92 bits per heavy atom. The predicted octanol–water partition coefficient (Wildman–Crippen LogP) is 3.50. The summed E-state index contributed by atoms with van der Waals surface area (Å²) in [5.74, 6) is 0. The highest BCUT2D eigenvalue weighted by atomic mass is 16.2. The Labute approximate surface area is 157 Å². The maximum Gasteiger partial charge on any atom is 0.317 e. The molecule has 1 aromatic carbocycles. The summed E-state index contributed by atoms with van der Waals surface area (Å²) in [4.78, 5) is 16.8. The average molecular weight is 354 g/mol. The van der Waals surface area contributed by atoms with Gasteiger partial charge in [-0.3, -0.25) is 4.90 Å². The van der Waals surface area contributed by atoms with E-state index in [9.17, 15) is 4.79 Å². The second-order valence-electron chi connectivity index (χ2n) is 7.68. The van der Waals surface area contributed by atoms with Gasteiger partial charge < -0.3 is 10.2 Å². The van der Waals surface area contributed by atoms with E-state index in [0.717, 1.165) is 18.2 Å². The lowest BCUT2D eigenvalue weighted by atomic mass is 9.94. The molecule has 0 bridgehead atoms. The van der Waals surface area contributed by atoms with Crippen molar-refractivity contribution in [3.05, 3.63) is 35.4 Å². The number of benzene rings is 1. The van der Waals surface area contributed by atoms with Crippen LogP contribution in [-0.4, -0.2) is 48.1 Å². The molecule has 140 valence electrons. The van der Waals surface area contributed by atoms with Crippen LogP contribution in [0.5, 0.6) is 0 Å². The Bertz CT molecular complexity index is 630. The Balaban J connectivity index is 1.46. The Kier molecular flexibility index (Phi) is 6.51. The van der Waals surface area contributed by atoms with E-state index in [-0.39, 0.29) is 6.03 Å². The van der Waals surface area contributed by atoms with Gasteiger partial charge in [-0.1, -0.05) is 31.4 Å². The van der Waals surface area contributed by atoms with Gasteiger partial charge in [0.25, 0.3) is 0 Å². The van der Waals surface area contributed by atoms with Gasteiger partial charge in [0.15, 0.2) is 0 Å². The fourth-order valence-corrected chi connectivity index (χ4v) is 4.34. The summed E-state index contributed by atoms with van der Waals surface area (Å²) >= 11 is 0. The number of hydrogen-bond acceptors (Lipinski definition) is 3. The van der Waals surface area contributed by atoms with Crippen molar-refractivity contribution in [2.75, 3.05) is 20.1 Å². The molecule has 1 saturated heterocycles.